The second-order valence-electron chi connectivity index (χ2n) is 5.05. The molecule has 1 saturated heterocycles. The third-order valence-electron chi connectivity index (χ3n) is 3.51. The van der Waals surface area contributed by atoms with Crippen LogP contribution in [0.25, 0.3) is 0 Å². The van der Waals surface area contributed by atoms with E-state index in [1.54, 1.807) is 0 Å². The number of hydrogen-bond acceptors (Lipinski definition) is 4. The van der Waals surface area contributed by atoms with Gasteiger partial charge in [0.05, 0.1) is 11.5 Å². The Morgan fingerprint density at radius 2 is 2.00 bits per heavy atom. The lowest BCUT2D eigenvalue weighted by atomic mass is 10.1. The molecular weight excluding hydrogens is 296 g/mol. The maximum atomic E-state index is 11.5. The highest BCUT2D eigenvalue weighted by Crippen LogP contribution is 2.28. The van der Waals surface area contributed by atoms with E-state index in [2.05, 4.69) is 17.1 Å². The van der Waals surface area contributed by atoms with E-state index in [1.807, 2.05) is 18.2 Å². The van der Waals surface area contributed by atoms with Crippen LogP contribution in [-0.4, -0.2) is 39.6 Å². The van der Waals surface area contributed by atoms with Crippen LogP contribution in [0.4, 0.5) is 5.69 Å². The van der Waals surface area contributed by atoms with Gasteiger partial charge in [-0.25, -0.2) is 8.42 Å². The molecular formula is C14H21ClN2O2S. The summed E-state index contributed by atoms with van der Waals surface area (Å²) in [6, 6.07) is 5.82. The molecule has 112 valence electrons. The maximum absolute atomic E-state index is 11.5. The fourth-order valence-corrected chi connectivity index (χ4v) is 3.80. The highest BCUT2D eigenvalue weighted by atomic mass is 35.5. The van der Waals surface area contributed by atoms with Crippen LogP contribution >= 0.6 is 11.6 Å². The molecule has 0 unspecified atom stereocenters. The van der Waals surface area contributed by atoms with Gasteiger partial charge in [-0.2, -0.15) is 0 Å². The summed E-state index contributed by atoms with van der Waals surface area (Å²) in [5.74, 6) is 0.447. The summed E-state index contributed by atoms with van der Waals surface area (Å²) in [5, 5.41) is 4.09. The van der Waals surface area contributed by atoms with E-state index in [0.29, 0.717) is 19.6 Å². The highest BCUT2D eigenvalue weighted by Gasteiger charge is 2.23. The lowest BCUT2D eigenvalue weighted by Crippen LogP contribution is -2.41. The van der Waals surface area contributed by atoms with Crippen LogP contribution in [-0.2, 0) is 16.4 Å². The Hall–Kier alpha value is -0.780. The molecule has 0 saturated carbocycles. The van der Waals surface area contributed by atoms with Crippen molar-refractivity contribution < 1.29 is 8.42 Å². The molecule has 4 nitrogen and oxygen atoms in total. The first kappa shape index (κ1) is 15.6. The SMILES string of the molecule is CCCNCc1c(Cl)cccc1N1CCS(=O)(=O)CC1. The number of anilines is 1. The van der Waals surface area contributed by atoms with Crippen LogP contribution in [0.5, 0.6) is 0 Å². The highest BCUT2D eigenvalue weighted by molar-refractivity contribution is 7.91. The molecule has 1 N–H and O–H groups in total. The molecule has 0 atom stereocenters. The first-order valence-electron chi connectivity index (χ1n) is 6.97. The molecule has 6 heteroatoms. The van der Waals surface area contributed by atoms with E-state index in [0.717, 1.165) is 29.2 Å². The van der Waals surface area contributed by atoms with Gasteiger partial charge in [-0.15, -0.1) is 0 Å². The first-order valence-corrected chi connectivity index (χ1v) is 9.17. The van der Waals surface area contributed by atoms with Crippen molar-refractivity contribution in [2.45, 2.75) is 19.9 Å². The van der Waals surface area contributed by atoms with Gasteiger partial charge in [0.2, 0.25) is 0 Å². The first-order chi connectivity index (χ1) is 9.53. The quantitative estimate of drug-likeness (QED) is 0.845. The van der Waals surface area contributed by atoms with Gasteiger partial charge in [0, 0.05) is 35.9 Å². The van der Waals surface area contributed by atoms with Gasteiger partial charge in [-0.05, 0) is 25.1 Å². The van der Waals surface area contributed by atoms with E-state index in [1.165, 1.54) is 0 Å². The molecule has 1 aromatic rings. The van der Waals surface area contributed by atoms with Crippen LogP contribution in [0.2, 0.25) is 5.02 Å². The second kappa shape index (κ2) is 6.78. The molecule has 0 amide bonds. The topological polar surface area (TPSA) is 49.4 Å². The summed E-state index contributed by atoms with van der Waals surface area (Å²) in [4.78, 5) is 2.12. The molecule has 1 fully saturated rings. The Morgan fingerprint density at radius 1 is 1.30 bits per heavy atom. The van der Waals surface area contributed by atoms with Crippen molar-refractivity contribution in [3.8, 4) is 0 Å². The van der Waals surface area contributed by atoms with Crippen molar-refractivity contribution in [1.82, 2.24) is 5.32 Å². The van der Waals surface area contributed by atoms with Crippen molar-refractivity contribution in [1.29, 1.82) is 0 Å². The van der Waals surface area contributed by atoms with Gasteiger partial charge in [-0.1, -0.05) is 24.6 Å². The van der Waals surface area contributed by atoms with Gasteiger partial charge >= 0.3 is 0 Å². The molecule has 0 spiro atoms. The molecule has 1 aromatic carbocycles. The standard InChI is InChI=1S/C14H21ClN2O2S/c1-2-6-16-11-12-13(15)4-3-5-14(12)17-7-9-20(18,19)10-8-17/h3-5,16H,2,6-11H2,1H3. The molecule has 0 radical (unpaired) electrons. The molecule has 0 bridgehead atoms. The second-order valence-corrected chi connectivity index (χ2v) is 7.76. The van der Waals surface area contributed by atoms with Crippen molar-refractivity contribution in [3.05, 3.63) is 28.8 Å². The lowest BCUT2D eigenvalue weighted by molar-refractivity contribution is 0.586. The van der Waals surface area contributed by atoms with Gasteiger partial charge in [0.1, 0.15) is 0 Å². The largest absolute Gasteiger partial charge is 0.369 e. The monoisotopic (exact) mass is 316 g/mol. The Labute approximate surface area is 126 Å². The number of benzene rings is 1. The predicted molar refractivity (Wildman–Crippen MR) is 84.3 cm³/mol. The normalized spacial score (nSPS) is 18.2. The Kier molecular flexibility index (Phi) is 5.29. The van der Waals surface area contributed by atoms with E-state index in [9.17, 15) is 8.42 Å². The van der Waals surface area contributed by atoms with Crippen LogP contribution in [0, 0.1) is 0 Å². The molecule has 0 aliphatic carbocycles. The average Bonchev–Trinajstić information content (AvgIpc) is 2.41. The van der Waals surface area contributed by atoms with Crippen molar-refractivity contribution in [2.24, 2.45) is 0 Å². The van der Waals surface area contributed by atoms with Gasteiger partial charge in [0.15, 0.2) is 9.84 Å². The number of rotatable bonds is 5. The third-order valence-corrected chi connectivity index (χ3v) is 5.47. The Balaban J connectivity index is 2.16. The van der Waals surface area contributed by atoms with E-state index < -0.39 is 9.84 Å². The van der Waals surface area contributed by atoms with Crippen molar-refractivity contribution in [2.75, 3.05) is 36.0 Å². The lowest BCUT2D eigenvalue weighted by Gasteiger charge is -2.31. The summed E-state index contributed by atoms with van der Waals surface area (Å²) in [6.45, 7) is 4.87. The summed E-state index contributed by atoms with van der Waals surface area (Å²) in [5.41, 5.74) is 2.11. The number of nitrogens with one attached hydrogen (secondary N) is 1. The maximum Gasteiger partial charge on any atom is 0.153 e. The van der Waals surface area contributed by atoms with E-state index in [-0.39, 0.29) is 11.5 Å². The Morgan fingerprint density at radius 3 is 2.65 bits per heavy atom. The van der Waals surface area contributed by atoms with Crippen LogP contribution in [0.1, 0.15) is 18.9 Å². The molecule has 2 rings (SSSR count). The number of sulfone groups is 1. The van der Waals surface area contributed by atoms with Crippen LogP contribution in [0.3, 0.4) is 0 Å². The molecule has 0 aromatic heterocycles. The van der Waals surface area contributed by atoms with Gasteiger partial charge in [-0.3, -0.25) is 0 Å². The molecule has 20 heavy (non-hydrogen) atoms. The molecule has 1 aliphatic rings. The fourth-order valence-electron chi connectivity index (χ4n) is 2.36. The minimum absolute atomic E-state index is 0.224. The van der Waals surface area contributed by atoms with E-state index in [4.69, 9.17) is 11.6 Å². The minimum atomic E-state index is -2.86. The summed E-state index contributed by atoms with van der Waals surface area (Å²) in [7, 11) is -2.86. The Bertz CT molecular complexity index is 546. The van der Waals surface area contributed by atoms with Gasteiger partial charge in [0.25, 0.3) is 0 Å². The predicted octanol–water partition coefficient (Wildman–Crippen LogP) is 2.07. The number of hydrogen-bond donors (Lipinski definition) is 1. The van der Waals surface area contributed by atoms with Crippen molar-refractivity contribution in [3.63, 3.8) is 0 Å². The van der Waals surface area contributed by atoms with Crippen LogP contribution in [0.15, 0.2) is 18.2 Å². The molecule has 1 heterocycles. The molecule has 1 aliphatic heterocycles. The third kappa shape index (κ3) is 3.87. The summed E-state index contributed by atoms with van der Waals surface area (Å²) >= 11 is 6.30. The summed E-state index contributed by atoms with van der Waals surface area (Å²) < 4.78 is 23.1. The fraction of sp³-hybridized carbons (Fsp3) is 0.571. The zero-order valence-corrected chi connectivity index (χ0v) is 13.3. The number of nitrogens with zero attached hydrogens (tertiary/aromatic N) is 1. The number of halogens is 1. The average molecular weight is 317 g/mol. The van der Waals surface area contributed by atoms with Crippen LogP contribution < -0.4 is 10.2 Å². The minimum Gasteiger partial charge on any atom is -0.369 e. The van der Waals surface area contributed by atoms with Crippen molar-refractivity contribution >= 4 is 27.1 Å². The van der Waals surface area contributed by atoms with E-state index >= 15 is 0 Å². The summed E-state index contributed by atoms with van der Waals surface area (Å²) in [6.07, 6.45) is 1.07. The van der Waals surface area contributed by atoms with Gasteiger partial charge < -0.3 is 10.2 Å². The zero-order valence-electron chi connectivity index (χ0n) is 11.7. The smallest absolute Gasteiger partial charge is 0.153 e. The zero-order chi connectivity index (χ0) is 14.6.